The second kappa shape index (κ2) is 8.39. The van der Waals surface area contributed by atoms with Crippen molar-refractivity contribution in [1.82, 2.24) is 9.97 Å². The predicted octanol–water partition coefficient (Wildman–Crippen LogP) is 4.49. The lowest BCUT2D eigenvalue weighted by molar-refractivity contribution is -0.120. The van der Waals surface area contributed by atoms with Gasteiger partial charge < -0.3 is 10.2 Å². The highest BCUT2D eigenvalue weighted by atomic mass is 19.1. The van der Waals surface area contributed by atoms with Gasteiger partial charge in [-0.15, -0.1) is 0 Å². The molecule has 1 saturated carbocycles. The van der Waals surface area contributed by atoms with E-state index in [1.807, 2.05) is 0 Å². The molecule has 29 heavy (non-hydrogen) atoms. The number of hydrogen-bond acceptors (Lipinski definition) is 4. The summed E-state index contributed by atoms with van der Waals surface area (Å²) < 4.78 is 42.1. The van der Waals surface area contributed by atoms with E-state index in [0.717, 1.165) is 50.3 Å². The summed E-state index contributed by atoms with van der Waals surface area (Å²) in [5.74, 6) is -1.27. The molecule has 5 nitrogen and oxygen atoms in total. The molecule has 2 aliphatic rings. The van der Waals surface area contributed by atoms with Crippen molar-refractivity contribution < 1.29 is 18.0 Å². The van der Waals surface area contributed by atoms with E-state index in [2.05, 4.69) is 15.3 Å². The molecule has 1 atom stereocenters. The minimum Gasteiger partial charge on any atom is -0.352 e. The predicted molar refractivity (Wildman–Crippen MR) is 104 cm³/mol. The quantitative estimate of drug-likeness (QED) is 0.816. The second-order valence-electron chi connectivity index (χ2n) is 7.70. The normalized spacial score (nSPS) is 20.1. The summed E-state index contributed by atoms with van der Waals surface area (Å²) in [4.78, 5) is 23.0. The Morgan fingerprint density at radius 2 is 1.90 bits per heavy atom. The standard InChI is InChI=1S/C21H23F3N4O/c22-14-6-7-17(24)16(10-14)18-19(27-21(29)13-4-2-1-3-5-13)20(26-12-25-18)28-9-8-15(23)11-28/h6-7,10,12-13,15H,1-5,8-9,11H2,(H,27,29)/t15-/m0/s1. The highest BCUT2D eigenvalue weighted by Gasteiger charge is 2.30. The summed E-state index contributed by atoms with van der Waals surface area (Å²) in [6.07, 6.45) is 5.23. The number of hydrogen-bond donors (Lipinski definition) is 1. The van der Waals surface area contributed by atoms with Crippen LogP contribution in [0.4, 0.5) is 24.7 Å². The summed E-state index contributed by atoms with van der Waals surface area (Å²) in [5.41, 5.74) is 0.240. The summed E-state index contributed by atoms with van der Waals surface area (Å²) in [6, 6.07) is 3.08. The Balaban J connectivity index is 1.76. The van der Waals surface area contributed by atoms with Gasteiger partial charge in [-0.25, -0.2) is 23.1 Å². The largest absolute Gasteiger partial charge is 0.352 e. The number of carbonyl (C=O) groups excluding carboxylic acids is 1. The Bertz CT molecular complexity index is 901. The van der Waals surface area contributed by atoms with Gasteiger partial charge in [-0.2, -0.15) is 0 Å². The minimum absolute atomic E-state index is 0.0661. The number of anilines is 2. The third kappa shape index (κ3) is 4.21. The molecule has 0 spiro atoms. The fourth-order valence-corrected chi connectivity index (χ4v) is 4.11. The van der Waals surface area contributed by atoms with Gasteiger partial charge in [0, 0.05) is 18.0 Å². The van der Waals surface area contributed by atoms with Crippen LogP contribution in [0.3, 0.4) is 0 Å². The zero-order valence-corrected chi connectivity index (χ0v) is 16.0. The molecular weight excluding hydrogens is 381 g/mol. The molecule has 1 aliphatic carbocycles. The van der Waals surface area contributed by atoms with Crippen LogP contribution in [-0.2, 0) is 4.79 Å². The molecule has 0 bridgehead atoms. The lowest BCUT2D eigenvalue weighted by atomic mass is 9.88. The number of nitrogens with zero attached hydrogens (tertiary/aromatic N) is 3. The lowest BCUT2D eigenvalue weighted by Gasteiger charge is -2.25. The average Bonchev–Trinajstić information content (AvgIpc) is 3.17. The highest BCUT2D eigenvalue weighted by Crippen LogP contribution is 2.37. The number of carbonyl (C=O) groups is 1. The lowest BCUT2D eigenvalue weighted by Crippen LogP contribution is -2.28. The SMILES string of the molecule is O=C(Nc1c(-c2cc(F)ccc2F)ncnc1N1CC[C@H](F)C1)C1CCCCC1. The topological polar surface area (TPSA) is 58.1 Å². The van der Waals surface area contributed by atoms with Gasteiger partial charge in [0.05, 0.1) is 6.54 Å². The molecule has 1 saturated heterocycles. The first-order valence-electron chi connectivity index (χ1n) is 10.0. The number of benzene rings is 1. The molecular formula is C21H23F3N4O. The molecule has 2 fully saturated rings. The minimum atomic E-state index is -0.999. The highest BCUT2D eigenvalue weighted by molar-refractivity contribution is 5.99. The van der Waals surface area contributed by atoms with Crippen LogP contribution >= 0.6 is 0 Å². The first-order chi connectivity index (χ1) is 14.0. The molecule has 2 heterocycles. The van der Waals surface area contributed by atoms with Crippen molar-refractivity contribution in [3.8, 4) is 11.3 Å². The molecule has 1 amide bonds. The van der Waals surface area contributed by atoms with Crippen molar-refractivity contribution in [3.63, 3.8) is 0 Å². The van der Waals surface area contributed by atoms with E-state index in [-0.39, 0.29) is 35.3 Å². The summed E-state index contributed by atoms with van der Waals surface area (Å²) >= 11 is 0. The number of halogens is 3. The van der Waals surface area contributed by atoms with Gasteiger partial charge in [0.1, 0.15) is 35.5 Å². The number of nitrogens with one attached hydrogen (secondary N) is 1. The molecule has 4 rings (SSSR count). The van der Waals surface area contributed by atoms with Crippen LogP contribution < -0.4 is 10.2 Å². The molecule has 0 unspecified atom stereocenters. The maximum absolute atomic E-state index is 14.5. The van der Waals surface area contributed by atoms with Crippen molar-refractivity contribution in [3.05, 3.63) is 36.2 Å². The van der Waals surface area contributed by atoms with Gasteiger partial charge in [-0.1, -0.05) is 19.3 Å². The zero-order valence-electron chi connectivity index (χ0n) is 16.0. The smallest absolute Gasteiger partial charge is 0.227 e. The van der Waals surface area contributed by atoms with Crippen LogP contribution in [0, 0.1) is 17.6 Å². The van der Waals surface area contributed by atoms with E-state index in [4.69, 9.17) is 0 Å². The van der Waals surface area contributed by atoms with Gasteiger partial charge in [0.25, 0.3) is 0 Å². The Hall–Kier alpha value is -2.64. The van der Waals surface area contributed by atoms with Crippen molar-refractivity contribution in [2.45, 2.75) is 44.7 Å². The Kier molecular flexibility index (Phi) is 5.69. The van der Waals surface area contributed by atoms with Crippen molar-refractivity contribution in [2.75, 3.05) is 23.3 Å². The van der Waals surface area contributed by atoms with Gasteiger partial charge >= 0.3 is 0 Å². The Morgan fingerprint density at radius 3 is 2.62 bits per heavy atom. The van der Waals surface area contributed by atoms with Crippen LogP contribution in [0.5, 0.6) is 0 Å². The molecule has 1 aliphatic heterocycles. The molecule has 8 heteroatoms. The van der Waals surface area contributed by atoms with Gasteiger partial charge in [-0.3, -0.25) is 4.79 Å². The van der Waals surface area contributed by atoms with Crippen LogP contribution in [0.2, 0.25) is 0 Å². The van der Waals surface area contributed by atoms with E-state index < -0.39 is 17.8 Å². The average molecular weight is 404 g/mol. The van der Waals surface area contributed by atoms with E-state index in [1.165, 1.54) is 6.33 Å². The molecule has 154 valence electrons. The van der Waals surface area contributed by atoms with Gasteiger partial charge in [-0.05, 0) is 37.5 Å². The molecule has 1 aromatic heterocycles. The summed E-state index contributed by atoms with van der Waals surface area (Å²) in [6.45, 7) is 0.559. The molecule has 1 aromatic carbocycles. The van der Waals surface area contributed by atoms with E-state index in [9.17, 15) is 18.0 Å². The molecule has 0 radical (unpaired) electrons. The van der Waals surface area contributed by atoms with Gasteiger partial charge in [0.2, 0.25) is 5.91 Å². The van der Waals surface area contributed by atoms with Crippen LogP contribution in [0.1, 0.15) is 38.5 Å². The Morgan fingerprint density at radius 1 is 1.10 bits per heavy atom. The van der Waals surface area contributed by atoms with Crippen molar-refractivity contribution in [1.29, 1.82) is 0 Å². The Labute approximate surface area is 167 Å². The number of aromatic nitrogens is 2. The summed E-state index contributed by atoms with van der Waals surface area (Å²) in [5, 5.41) is 2.87. The zero-order chi connectivity index (χ0) is 20.4. The van der Waals surface area contributed by atoms with Gasteiger partial charge in [0.15, 0.2) is 5.82 Å². The second-order valence-corrected chi connectivity index (χ2v) is 7.70. The molecule has 1 N–H and O–H groups in total. The van der Waals surface area contributed by atoms with Crippen LogP contribution in [0.25, 0.3) is 11.3 Å². The van der Waals surface area contributed by atoms with Crippen LogP contribution in [-0.4, -0.2) is 35.1 Å². The summed E-state index contributed by atoms with van der Waals surface area (Å²) in [7, 11) is 0. The fourth-order valence-electron chi connectivity index (χ4n) is 4.11. The fraction of sp³-hybridized carbons (Fsp3) is 0.476. The van der Waals surface area contributed by atoms with E-state index in [1.54, 1.807) is 4.90 Å². The monoisotopic (exact) mass is 404 g/mol. The van der Waals surface area contributed by atoms with E-state index in [0.29, 0.717) is 18.8 Å². The van der Waals surface area contributed by atoms with Crippen molar-refractivity contribution in [2.24, 2.45) is 5.92 Å². The third-order valence-electron chi connectivity index (χ3n) is 5.67. The van der Waals surface area contributed by atoms with Crippen LogP contribution in [0.15, 0.2) is 24.5 Å². The maximum atomic E-state index is 14.5. The number of rotatable bonds is 4. The first kappa shape index (κ1) is 19.7. The molecule has 2 aromatic rings. The van der Waals surface area contributed by atoms with Crippen molar-refractivity contribution >= 4 is 17.4 Å². The van der Waals surface area contributed by atoms with E-state index >= 15 is 0 Å². The third-order valence-corrected chi connectivity index (χ3v) is 5.67. The first-order valence-corrected chi connectivity index (χ1v) is 10.0. The number of alkyl halides is 1. The number of amides is 1. The maximum Gasteiger partial charge on any atom is 0.227 e.